The molecule has 0 radical (unpaired) electrons. The molecule has 1 heterocycles. The minimum Gasteiger partial charge on any atom is -0.468 e. The van der Waals surface area contributed by atoms with Gasteiger partial charge in [-0.25, -0.2) is 4.68 Å². The number of methoxy groups -OCH3 is 1. The van der Waals surface area contributed by atoms with Crippen molar-refractivity contribution in [3.8, 4) is 5.75 Å². The fourth-order valence-corrected chi connectivity index (χ4v) is 1.95. The van der Waals surface area contributed by atoms with Gasteiger partial charge in [0.05, 0.1) is 5.70 Å². The molecule has 0 aliphatic rings. The molecule has 0 aliphatic carbocycles. The maximum Gasteiger partial charge on any atom is 0.303 e. The molecule has 6 heteroatoms. The minimum absolute atomic E-state index is 0.141. The number of aromatic nitrogens is 2. The van der Waals surface area contributed by atoms with Crippen LogP contribution < -0.4 is 4.74 Å². The third kappa shape index (κ3) is 3.95. The monoisotopic (exact) mass is 302 g/mol. The quantitative estimate of drug-likeness (QED) is 0.581. The predicted octanol–water partition coefficient (Wildman–Crippen LogP) is 2.64. The molecule has 22 heavy (non-hydrogen) atoms. The summed E-state index contributed by atoms with van der Waals surface area (Å²) in [6.07, 6.45) is 2.72. The highest BCUT2D eigenvalue weighted by atomic mass is 16.7. The molecule has 0 amide bonds. The molecule has 0 saturated heterocycles. The highest BCUT2D eigenvalue weighted by Gasteiger charge is 2.21. The van der Waals surface area contributed by atoms with Gasteiger partial charge in [0.25, 0.3) is 0 Å². The van der Waals surface area contributed by atoms with E-state index in [1.807, 2.05) is 12.1 Å². The van der Waals surface area contributed by atoms with Gasteiger partial charge >= 0.3 is 5.97 Å². The van der Waals surface area contributed by atoms with E-state index in [9.17, 15) is 4.79 Å². The van der Waals surface area contributed by atoms with Crippen LogP contribution in [0.4, 0.5) is 0 Å². The van der Waals surface area contributed by atoms with Crippen molar-refractivity contribution < 1.29 is 19.0 Å². The van der Waals surface area contributed by atoms with E-state index in [4.69, 9.17) is 14.2 Å². The zero-order chi connectivity index (χ0) is 15.9. The first-order valence-electron chi connectivity index (χ1n) is 6.69. The van der Waals surface area contributed by atoms with Crippen LogP contribution >= 0.6 is 0 Å². The lowest BCUT2D eigenvalue weighted by Crippen LogP contribution is -2.14. The Bertz CT molecular complexity index is 637. The number of carbonyl (C=O) groups is 1. The molecular formula is C16H18N2O4. The van der Waals surface area contributed by atoms with E-state index < -0.39 is 12.1 Å². The first kappa shape index (κ1) is 15.8. The molecule has 0 bridgehead atoms. The number of rotatable bonds is 7. The highest BCUT2D eigenvalue weighted by Crippen LogP contribution is 2.30. The van der Waals surface area contributed by atoms with Crippen LogP contribution in [-0.2, 0) is 14.3 Å². The van der Waals surface area contributed by atoms with Crippen molar-refractivity contribution in [2.45, 2.75) is 13.0 Å². The van der Waals surface area contributed by atoms with Gasteiger partial charge in [0, 0.05) is 32.0 Å². The minimum atomic E-state index is -0.650. The third-order valence-electron chi connectivity index (χ3n) is 2.89. The van der Waals surface area contributed by atoms with E-state index in [0.717, 1.165) is 5.56 Å². The summed E-state index contributed by atoms with van der Waals surface area (Å²) in [6, 6.07) is 8.99. The van der Waals surface area contributed by atoms with E-state index in [1.54, 1.807) is 42.4 Å². The molecule has 1 atom stereocenters. The van der Waals surface area contributed by atoms with Crippen molar-refractivity contribution in [3.63, 3.8) is 0 Å². The summed E-state index contributed by atoms with van der Waals surface area (Å²) in [4.78, 5) is 11.4. The molecule has 0 saturated carbocycles. The van der Waals surface area contributed by atoms with E-state index in [2.05, 4.69) is 11.7 Å². The van der Waals surface area contributed by atoms with Gasteiger partial charge in [0.15, 0.2) is 12.9 Å². The number of ether oxygens (including phenoxy) is 3. The molecule has 2 aromatic rings. The van der Waals surface area contributed by atoms with Gasteiger partial charge in [-0.3, -0.25) is 4.79 Å². The Kier molecular flexibility index (Phi) is 5.32. The molecule has 1 aromatic heterocycles. The van der Waals surface area contributed by atoms with Crippen LogP contribution in [0.1, 0.15) is 18.6 Å². The fraction of sp³-hybridized carbons (Fsp3) is 0.250. The van der Waals surface area contributed by atoms with Crippen molar-refractivity contribution in [2.75, 3.05) is 13.9 Å². The highest BCUT2D eigenvalue weighted by molar-refractivity contribution is 5.68. The third-order valence-corrected chi connectivity index (χ3v) is 2.89. The van der Waals surface area contributed by atoms with Crippen molar-refractivity contribution in [3.05, 3.63) is 54.9 Å². The molecule has 0 spiro atoms. The Labute approximate surface area is 128 Å². The van der Waals surface area contributed by atoms with E-state index in [1.165, 1.54) is 6.92 Å². The predicted molar refractivity (Wildman–Crippen MR) is 81.0 cm³/mol. The lowest BCUT2D eigenvalue weighted by atomic mass is 10.1. The second kappa shape index (κ2) is 7.42. The topological polar surface area (TPSA) is 62.6 Å². The van der Waals surface area contributed by atoms with E-state index in [-0.39, 0.29) is 6.79 Å². The van der Waals surface area contributed by atoms with Gasteiger partial charge in [-0.1, -0.05) is 18.7 Å². The maximum absolute atomic E-state index is 11.4. The largest absolute Gasteiger partial charge is 0.468 e. The van der Waals surface area contributed by atoms with Gasteiger partial charge in [-0.2, -0.15) is 5.10 Å². The summed E-state index contributed by atoms with van der Waals surface area (Å²) in [5.41, 5.74) is 1.27. The first-order chi connectivity index (χ1) is 10.6. The van der Waals surface area contributed by atoms with Crippen LogP contribution in [0.5, 0.6) is 5.75 Å². The van der Waals surface area contributed by atoms with E-state index >= 15 is 0 Å². The van der Waals surface area contributed by atoms with Crippen molar-refractivity contribution >= 4 is 11.7 Å². The first-order valence-corrected chi connectivity index (χ1v) is 6.69. The van der Waals surface area contributed by atoms with Gasteiger partial charge in [-0.15, -0.1) is 0 Å². The molecule has 1 aromatic carbocycles. The van der Waals surface area contributed by atoms with Crippen molar-refractivity contribution in [2.24, 2.45) is 0 Å². The summed E-state index contributed by atoms with van der Waals surface area (Å²) < 4.78 is 17.2. The SMILES string of the molecule is C=C(C(OC(C)=O)c1cccc(OCOC)c1)n1cccn1. The summed E-state index contributed by atoms with van der Waals surface area (Å²) >= 11 is 0. The number of nitrogens with zero attached hydrogens (tertiary/aromatic N) is 2. The number of carbonyl (C=O) groups excluding carboxylic acids is 1. The Morgan fingerprint density at radius 3 is 2.86 bits per heavy atom. The summed E-state index contributed by atoms with van der Waals surface area (Å²) in [7, 11) is 1.55. The lowest BCUT2D eigenvalue weighted by molar-refractivity contribution is -0.144. The zero-order valence-corrected chi connectivity index (χ0v) is 12.6. The second-order valence-electron chi connectivity index (χ2n) is 4.55. The Hall–Kier alpha value is -2.60. The Balaban J connectivity index is 2.29. The van der Waals surface area contributed by atoms with Gasteiger partial charge in [-0.05, 0) is 18.2 Å². The molecule has 1 unspecified atom stereocenters. The second-order valence-corrected chi connectivity index (χ2v) is 4.55. The van der Waals surface area contributed by atoms with Crippen molar-refractivity contribution in [1.82, 2.24) is 9.78 Å². The van der Waals surface area contributed by atoms with Crippen LogP contribution in [0.15, 0.2) is 49.3 Å². The van der Waals surface area contributed by atoms with Crippen LogP contribution in [0, 0.1) is 0 Å². The average Bonchev–Trinajstić information content (AvgIpc) is 3.04. The van der Waals surface area contributed by atoms with Crippen LogP contribution in [0.3, 0.4) is 0 Å². The zero-order valence-electron chi connectivity index (χ0n) is 12.6. The molecule has 6 nitrogen and oxygen atoms in total. The van der Waals surface area contributed by atoms with Gasteiger partial charge in [0.2, 0.25) is 0 Å². The fourth-order valence-electron chi connectivity index (χ4n) is 1.95. The molecule has 0 fully saturated rings. The van der Waals surface area contributed by atoms with Crippen LogP contribution in [0.25, 0.3) is 5.70 Å². The molecule has 0 N–H and O–H groups in total. The molecule has 116 valence electrons. The lowest BCUT2D eigenvalue weighted by Gasteiger charge is -2.20. The summed E-state index contributed by atoms with van der Waals surface area (Å²) in [5, 5.41) is 4.12. The summed E-state index contributed by atoms with van der Waals surface area (Å²) in [5.74, 6) is 0.214. The number of benzene rings is 1. The molecule has 0 aliphatic heterocycles. The van der Waals surface area contributed by atoms with Gasteiger partial charge < -0.3 is 14.2 Å². The molecule has 2 rings (SSSR count). The Morgan fingerprint density at radius 1 is 1.41 bits per heavy atom. The van der Waals surface area contributed by atoms with Crippen molar-refractivity contribution in [1.29, 1.82) is 0 Å². The number of esters is 1. The maximum atomic E-state index is 11.4. The normalized spacial score (nSPS) is 11.7. The van der Waals surface area contributed by atoms with Crippen LogP contribution in [-0.4, -0.2) is 29.7 Å². The van der Waals surface area contributed by atoms with E-state index in [0.29, 0.717) is 11.4 Å². The standard InChI is InChI=1S/C16H18N2O4/c1-12(18-9-5-8-17-18)16(22-13(2)19)14-6-4-7-15(10-14)21-11-20-3/h4-10,16H,1,11H2,2-3H3. The summed E-state index contributed by atoms with van der Waals surface area (Å²) in [6.45, 7) is 5.47. The van der Waals surface area contributed by atoms with Gasteiger partial charge in [0.1, 0.15) is 5.75 Å². The smallest absolute Gasteiger partial charge is 0.303 e. The Morgan fingerprint density at radius 2 is 2.23 bits per heavy atom. The average molecular weight is 302 g/mol. The number of hydrogen-bond acceptors (Lipinski definition) is 5. The molecular weight excluding hydrogens is 284 g/mol. The number of hydrogen-bond donors (Lipinski definition) is 0. The van der Waals surface area contributed by atoms with Crippen LogP contribution in [0.2, 0.25) is 0 Å².